The lowest BCUT2D eigenvalue weighted by molar-refractivity contribution is -0.116. The second kappa shape index (κ2) is 7.61. The number of ether oxygens (including phenoxy) is 1. The van der Waals surface area contributed by atoms with Crippen LogP contribution in [0.3, 0.4) is 0 Å². The average molecular weight is 421 g/mol. The standard InChI is InChI=1S/C18H17ClN4O4S/c1-8-4-11(12(27-3)5-10(8)19)22-13(24)6-23-7-21-17-14(18(23)26)9(2)15(28-17)16(20)25/h4-5,7H,6H2,1-3H3,(H2,20,25)(H,22,24). The van der Waals surface area contributed by atoms with Crippen LogP contribution in [0.15, 0.2) is 23.3 Å². The molecule has 0 fully saturated rings. The molecule has 0 saturated carbocycles. The van der Waals surface area contributed by atoms with E-state index in [0.29, 0.717) is 26.9 Å². The SMILES string of the molecule is COc1cc(Cl)c(C)cc1NC(=O)Cn1cnc2sc(C(N)=O)c(C)c2c1=O. The first kappa shape index (κ1) is 19.8. The van der Waals surface area contributed by atoms with Crippen molar-refractivity contribution in [2.75, 3.05) is 12.4 Å². The van der Waals surface area contributed by atoms with Gasteiger partial charge in [-0.2, -0.15) is 0 Å². The number of nitrogens with one attached hydrogen (secondary N) is 1. The molecule has 146 valence electrons. The molecule has 10 heteroatoms. The molecule has 0 aliphatic rings. The Bertz CT molecular complexity index is 1170. The van der Waals surface area contributed by atoms with Gasteiger partial charge in [-0.1, -0.05) is 11.6 Å². The van der Waals surface area contributed by atoms with E-state index in [9.17, 15) is 14.4 Å². The third-order valence-electron chi connectivity index (χ3n) is 4.21. The number of carbonyl (C=O) groups is 2. The average Bonchev–Trinajstić information content (AvgIpc) is 2.98. The number of halogens is 1. The minimum Gasteiger partial charge on any atom is -0.495 e. The molecule has 8 nitrogen and oxygen atoms in total. The number of carbonyl (C=O) groups excluding carboxylic acids is 2. The molecule has 0 saturated heterocycles. The van der Waals surface area contributed by atoms with Crippen molar-refractivity contribution in [2.24, 2.45) is 5.73 Å². The summed E-state index contributed by atoms with van der Waals surface area (Å²) in [5.41, 5.74) is 6.60. The topological polar surface area (TPSA) is 116 Å². The number of aryl methyl sites for hydroxylation is 2. The van der Waals surface area contributed by atoms with Gasteiger partial charge in [0.15, 0.2) is 0 Å². The highest BCUT2D eigenvalue weighted by Gasteiger charge is 2.19. The molecule has 3 N–H and O–H groups in total. The molecule has 3 aromatic rings. The molecule has 0 spiro atoms. The van der Waals surface area contributed by atoms with E-state index in [1.807, 2.05) is 0 Å². The Morgan fingerprint density at radius 2 is 2.07 bits per heavy atom. The van der Waals surface area contributed by atoms with Crippen LogP contribution in [0.25, 0.3) is 10.2 Å². The van der Waals surface area contributed by atoms with Gasteiger partial charge in [-0.25, -0.2) is 4.98 Å². The van der Waals surface area contributed by atoms with Gasteiger partial charge in [0.2, 0.25) is 5.91 Å². The Morgan fingerprint density at radius 3 is 2.71 bits per heavy atom. The second-order valence-electron chi connectivity index (χ2n) is 6.13. The number of aromatic nitrogens is 2. The number of hydrogen-bond donors (Lipinski definition) is 2. The van der Waals surface area contributed by atoms with E-state index in [4.69, 9.17) is 22.1 Å². The summed E-state index contributed by atoms with van der Waals surface area (Å²) in [6, 6.07) is 3.29. The molecule has 0 radical (unpaired) electrons. The van der Waals surface area contributed by atoms with Gasteiger partial charge in [0.25, 0.3) is 11.5 Å². The van der Waals surface area contributed by atoms with Crippen LogP contribution in [0, 0.1) is 13.8 Å². The van der Waals surface area contributed by atoms with Crippen LogP contribution in [-0.2, 0) is 11.3 Å². The summed E-state index contributed by atoms with van der Waals surface area (Å²) < 4.78 is 6.41. The van der Waals surface area contributed by atoms with Crippen LogP contribution in [0.2, 0.25) is 5.02 Å². The lowest BCUT2D eigenvalue weighted by Gasteiger charge is -2.13. The normalized spacial score (nSPS) is 10.9. The Morgan fingerprint density at radius 1 is 1.36 bits per heavy atom. The molecule has 2 heterocycles. The fourth-order valence-electron chi connectivity index (χ4n) is 2.78. The first-order chi connectivity index (χ1) is 13.2. The first-order valence-corrected chi connectivity index (χ1v) is 9.34. The predicted octanol–water partition coefficient (Wildman–Crippen LogP) is 2.47. The van der Waals surface area contributed by atoms with E-state index in [2.05, 4.69) is 10.3 Å². The summed E-state index contributed by atoms with van der Waals surface area (Å²) >= 11 is 7.12. The molecule has 0 aliphatic heterocycles. The van der Waals surface area contributed by atoms with Crippen LogP contribution >= 0.6 is 22.9 Å². The molecule has 3 rings (SSSR count). The minimum absolute atomic E-state index is 0.256. The number of fused-ring (bicyclic) bond motifs is 1. The van der Waals surface area contributed by atoms with Crippen molar-refractivity contribution in [1.29, 1.82) is 0 Å². The number of anilines is 1. The maximum Gasteiger partial charge on any atom is 0.262 e. The van der Waals surface area contributed by atoms with Gasteiger partial charge in [0.05, 0.1) is 29.4 Å². The fraction of sp³-hybridized carbons (Fsp3) is 0.222. The van der Waals surface area contributed by atoms with Crippen LogP contribution in [0.4, 0.5) is 5.69 Å². The van der Waals surface area contributed by atoms with Gasteiger partial charge in [-0.05, 0) is 31.0 Å². The van der Waals surface area contributed by atoms with Crippen molar-refractivity contribution < 1.29 is 14.3 Å². The number of hydrogen-bond acceptors (Lipinski definition) is 6. The quantitative estimate of drug-likeness (QED) is 0.657. The summed E-state index contributed by atoms with van der Waals surface area (Å²) in [6.07, 6.45) is 1.27. The number of thiophene rings is 1. The summed E-state index contributed by atoms with van der Waals surface area (Å²) in [6.45, 7) is 3.18. The van der Waals surface area contributed by atoms with Gasteiger partial charge in [0, 0.05) is 11.1 Å². The molecule has 1 aromatic carbocycles. The van der Waals surface area contributed by atoms with E-state index >= 15 is 0 Å². The predicted molar refractivity (Wildman–Crippen MR) is 109 cm³/mol. The largest absolute Gasteiger partial charge is 0.495 e. The van der Waals surface area contributed by atoms with Crippen LogP contribution in [0.5, 0.6) is 5.75 Å². The van der Waals surface area contributed by atoms with E-state index in [1.54, 1.807) is 26.0 Å². The number of methoxy groups -OCH3 is 1. The van der Waals surface area contributed by atoms with Gasteiger partial charge in [-0.3, -0.25) is 19.0 Å². The maximum atomic E-state index is 12.8. The van der Waals surface area contributed by atoms with Crippen LogP contribution in [0.1, 0.15) is 20.8 Å². The first-order valence-electron chi connectivity index (χ1n) is 8.15. The molecular weight excluding hydrogens is 404 g/mol. The number of benzene rings is 1. The van der Waals surface area contributed by atoms with Gasteiger partial charge >= 0.3 is 0 Å². The molecule has 2 aromatic heterocycles. The molecule has 0 aliphatic carbocycles. The summed E-state index contributed by atoms with van der Waals surface area (Å²) in [5.74, 6) is -0.648. The summed E-state index contributed by atoms with van der Waals surface area (Å²) in [7, 11) is 1.47. The number of nitrogens with two attached hydrogens (primary N) is 1. The highest BCUT2D eigenvalue weighted by Crippen LogP contribution is 2.31. The smallest absolute Gasteiger partial charge is 0.262 e. The molecule has 0 unspecified atom stereocenters. The van der Waals surface area contributed by atoms with Gasteiger partial charge in [0.1, 0.15) is 17.1 Å². The van der Waals surface area contributed by atoms with E-state index in [-0.39, 0.29) is 16.8 Å². The zero-order valence-corrected chi connectivity index (χ0v) is 16.9. The highest BCUT2D eigenvalue weighted by molar-refractivity contribution is 7.20. The summed E-state index contributed by atoms with van der Waals surface area (Å²) in [5, 5.41) is 3.51. The van der Waals surface area contributed by atoms with Crippen molar-refractivity contribution in [1.82, 2.24) is 9.55 Å². The van der Waals surface area contributed by atoms with E-state index < -0.39 is 17.4 Å². The lowest BCUT2D eigenvalue weighted by Crippen LogP contribution is -2.28. The zero-order chi connectivity index (χ0) is 20.6. The molecular formula is C18H17ClN4O4S. The number of nitrogens with zero attached hydrogens (tertiary/aromatic N) is 2. The number of rotatable bonds is 5. The molecule has 0 atom stereocenters. The monoisotopic (exact) mass is 420 g/mol. The van der Waals surface area contributed by atoms with Crippen molar-refractivity contribution in [2.45, 2.75) is 20.4 Å². The van der Waals surface area contributed by atoms with Gasteiger partial charge < -0.3 is 15.8 Å². The lowest BCUT2D eigenvalue weighted by atomic mass is 10.2. The van der Waals surface area contributed by atoms with Crippen LogP contribution in [-0.4, -0.2) is 28.5 Å². The molecule has 2 amide bonds. The Labute approximate surface area is 168 Å². The van der Waals surface area contributed by atoms with Crippen molar-refractivity contribution in [3.63, 3.8) is 0 Å². The summed E-state index contributed by atoms with van der Waals surface area (Å²) in [4.78, 5) is 41.6. The number of primary amides is 1. The van der Waals surface area contributed by atoms with Gasteiger partial charge in [-0.15, -0.1) is 11.3 Å². The molecule has 0 bridgehead atoms. The Balaban J connectivity index is 1.91. The van der Waals surface area contributed by atoms with Crippen molar-refractivity contribution in [3.8, 4) is 5.75 Å². The Kier molecular flexibility index (Phi) is 5.39. The molecule has 28 heavy (non-hydrogen) atoms. The third kappa shape index (κ3) is 3.58. The second-order valence-corrected chi connectivity index (χ2v) is 7.53. The van der Waals surface area contributed by atoms with E-state index in [1.165, 1.54) is 18.0 Å². The fourth-order valence-corrected chi connectivity index (χ4v) is 3.93. The minimum atomic E-state index is -0.616. The zero-order valence-electron chi connectivity index (χ0n) is 15.3. The maximum absolute atomic E-state index is 12.8. The third-order valence-corrected chi connectivity index (χ3v) is 5.83. The van der Waals surface area contributed by atoms with Crippen LogP contribution < -0.4 is 21.3 Å². The Hall–Kier alpha value is -2.91. The van der Waals surface area contributed by atoms with E-state index in [0.717, 1.165) is 16.9 Å². The number of amides is 2. The highest BCUT2D eigenvalue weighted by atomic mass is 35.5. The van der Waals surface area contributed by atoms with Crippen molar-refractivity contribution >= 4 is 50.7 Å². The van der Waals surface area contributed by atoms with Crippen molar-refractivity contribution in [3.05, 3.63) is 49.8 Å².